The minimum absolute atomic E-state index is 0.251. The minimum Gasteiger partial charge on any atom is -0.481 e. The molecule has 0 bridgehead atoms. The van der Waals surface area contributed by atoms with E-state index in [9.17, 15) is 14.4 Å². The van der Waals surface area contributed by atoms with Crippen LogP contribution >= 0.6 is 11.6 Å². The number of aliphatic carboxylic acids is 2. The third kappa shape index (κ3) is 4.26. The number of benzene rings is 1. The summed E-state index contributed by atoms with van der Waals surface area (Å²) >= 11 is 5.74. The summed E-state index contributed by atoms with van der Waals surface area (Å²) in [5.41, 5.74) is 0.825. The Bertz CT molecular complexity index is 529. The lowest BCUT2D eigenvalue weighted by Gasteiger charge is -2.13. The van der Waals surface area contributed by atoms with Gasteiger partial charge < -0.3 is 15.5 Å². The first-order chi connectivity index (χ1) is 8.81. The van der Waals surface area contributed by atoms with Gasteiger partial charge in [0.05, 0.1) is 6.42 Å². The highest BCUT2D eigenvalue weighted by Gasteiger charge is 2.24. The van der Waals surface area contributed by atoms with Gasteiger partial charge in [-0.1, -0.05) is 11.6 Å². The molecule has 1 amide bonds. The highest BCUT2D eigenvalue weighted by Crippen LogP contribution is 2.15. The van der Waals surface area contributed by atoms with E-state index in [1.54, 1.807) is 13.0 Å². The number of aryl methyl sites for hydroxylation is 1. The molecule has 3 N–H and O–H groups in total. The molecule has 1 rings (SSSR count). The van der Waals surface area contributed by atoms with Crippen LogP contribution in [0.25, 0.3) is 0 Å². The third-order valence-corrected chi connectivity index (χ3v) is 2.65. The second-order valence-electron chi connectivity index (χ2n) is 3.92. The second-order valence-corrected chi connectivity index (χ2v) is 4.36. The largest absolute Gasteiger partial charge is 0.481 e. The number of carboxylic acids is 2. The molecule has 102 valence electrons. The van der Waals surface area contributed by atoms with E-state index < -0.39 is 30.3 Å². The molecule has 6 nitrogen and oxygen atoms in total. The number of amides is 1. The minimum atomic E-state index is -1.47. The zero-order valence-corrected chi connectivity index (χ0v) is 10.8. The fourth-order valence-electron chi connectivity index (χ4n) is 1.49. The summed E-state index contributed by atoms with van der Waals surface area (Å²) in [4.78, 5) is 33.2. The fourth-order valence-corrected chi connectivity index (χ4v) is 1.72. The molecule has 0 aliphatic rings. The van der Waals surface area contributed by atoms with Gasteiger partial charge in [0.1, 0.15) is 6.04 Å². The molecule has 0 unspecified atom stereocenters. The van der Waals surface area contributed by atoms with Crippen molar-refractivity contribution in [1.82, 2.24) is 5.32 Å². The van der Waals surface area contributed by atoms with Crippen molar-refractivity contribution >= 4 is 29.4 Å². The lowest BCUT2D eigenvalue weighted by atomic mass is 10.1. The topological polar surface area (TPSA) is 104 Å². The van der Waals surface area contributed by atoms with E-state index in [1.807, 2.05) is 0 Å². The van der Waals surface area contributed by atoms with Crippen molar-refractivity contribution in [2.24, 2.45) is 0 Å². The van der Waals surface area contributed by atoms with Gasteiger partial charge in [-0.15, -0.1) is 0 Å². The Morgan fingerprint density at radius 2 is 1.95 bits per heavy atom. The average Bonchev–Trinajstić information content (AvgIpc) is 2.26. The Balaban J connectivity index is 2.87. The quantitative estimate of drug-likeness (QED) is 0.756. The van der Waals surface area contributed by atoms with Crippen molar-refractivity contribution in [3.63, 3.8) is 0 Å². The summed E-state index contributed by atoms with van der Waals surface area (Å²) in [6.45, 7) is 1.65. The molecule has 0 aliphatic carbocycles. The average molecular weight is 286 g/mol. The number of nitrogens with one attached hydrogen (secondary N) is 1. The Morgan fingerprint density at radius 1 is 1.32 bits per heavy atom. The third-order valence-electron chi connectivity index (χ3n) is 2.42. The molecule has 0 aromatic heterocycles. The maximum atomic E-state index is 11.9. The summed E-state index contributed by atoms with van der Waals surface area (Å²) in [7, 11) is 0. The van der Waals surface area contributed by atoms with Crippen molar-refractivity contribution in [2.45, 2.75) is 19.4 Å². The molecule has 1 atom stereocenters. The van der Waals surface area contributed by atoms with Crippen LogP contribution in [0.2, 0.25) is 5.02 Å². The number of carboxylic acid groups (broad SMARTS) is 2. The highest BCUT2D eigenvalue weighted by atomic mass is 35.5. The Hall–Kier alpha value is -2.08. The van der Waals surface area contributed by atoms with E-state index in [2.05, 4.69) is 5.32 Å². The summed E-state index contributed by atoms with van der Waals surface area (Å²) in [5.74, 6) is -3.36. The molecule has 0 heterocycles. The molecule has 1 aromatic carbocycles. The number of carbonyl (C=O) groups is 3. The van der Waals surface area contributed by atoms with E-state index in [0.29, 0.717) is 10.6 Å². The summed E-state index contributed by atoms with van der Waals surface area (Å²) in [6.07, 6.45) is -0.687. The van der Waals surface area contributed by atoms with Gasteiger partial charge in [-0.05, 0) is 30.7 Å². The van der Waals surface area contributed by atoms with Crippen molar-refractivity contribution in [3.8, 4) is 0 Å². The zero-order chi connectivity index (χ0) is 14.6. The summed E-state index contributed by atoms with van der Waals surface area (Å²) in [6, 6.07) is 3.03. The van der Waals surface area contributed by atoms with Gasteiger partial charge in [0.2, 0.25) is 0 Å². The van der Waals surface area contributed by atoms with Gasteiger partial charge in [0.15, 0.2) is 0 Å². The van der Waals surface area contributed by atoms with E-state index in [1.165, 1.54) is 12.1 Å². The zero-order valence-electron chi connectivity index (χ0n) is 10.0. The van der Waals surface area contributed by atoms with Crippen LogP contribution in [0, 0.1) is 6.92 Å². The van der Waals surface area contributed by atoms with Crippen molar-refractivity contribution < 1.29 is 24.6 Å². The smallest absolute Gasteiger partial charge is 0.326 e. The predicted molar refractivity (Wildman–Crippen MR) is 67.3 cm³/mol. The number of halogens is 1. The maximum Gasteiger partial charge on any atom is 0.326 e. The van der Waals surface area contributed by atoms with E-state index in [0.717, 1.165) is 0 Å². The van der Waals surface area contributed by atoms with Gasteiger partial charge in [-0.2, -0.15) is 0 Å². The molecule has 0 aliphatic heterocycles. The Labute approximate surface area is 114 Å². The van der Waals surface area contributed by atoms with Crippen LogP contribution in [0.1, 0.15) is 22.3 Å². The Morgan fingerprint density at radius 3 is 2.42 bits per heavy atom. The number of carbonyl (C=O) groups excluding carboxylic acids is 1. The Kier molecular flexibility index (Phi) is 4.88. The van der Waals surface area contributed by atoms with Crippen LogP contribution in [0.4, 0.5) is 0 Å². The lowest BCUT2D eigenvalue weighted by molar-refractivity contribution is -0.145. The van der Waals surface area contributed by atoms with Gasteiger partial charge in [-0.3, -0.25) is 9.59 Å². The SMILES string of the molecule is Cc1cc(Cl)ccc1C(=O)N[C@H](CC(=O)O)C(=O)O. The van der Waals surface area contributed by atoms with E-state index >= 15 is 0 Å². The van der Waals surface area contributed by atoms with Crippen LogP contribution in [0.3, 0.4) is 0 Å². The number of hydrogen-bond acceptors (Lipinski definition) is 3. The molecule has 19 heavy (non-hydrogen) atoms. The molecular formula is C12H12ClNO5. The molecule has 0 saturated heterocycles. The molecular weight excluding hydrogens is 274 g/mol. The highest BCUT2D eigenvalue weighted by molar-refractivity contribution is 6.30. The fraction of sp³-hybridized carbons (Fsp3) is 0.250. The summed E-state index contributed by atoms with van der Waals surface area (Å²) in [5, 5.41) is 20.0. The summed E-state index contributed by atoms with van der Waals surface area (Å²) < 4.78 is 0. The van der Waals surface area contributed by atoms with Crippen molar-refractivity contribution in [1.29, 1.82) is 0 Å². The van der Waals surface area contributed by atoms with Crippen LogP contribution < -0.4 is 5.32 Å². The normalized spacial score (nSPS) is 11.7. The van der Waals surface area contributed by atoms with Crippen LogP contribution in [0.15, 0.2) is 18.2 Å². The molecule has 7 heteroatoms. The van der Waals surface area contributed by atoms with E-state index in [-0.39, 0.29) is 5.56 Å². The van der Waals surface area contributed by atoms with Crippen LogP contribution in [-0.2, 0) is 9.59 Å². The molecule has 0 saturated carbocycles. The standard InChI is InChI=1S/C12H12ClNO5/c1-6-4-7(13)2-3-8(6)11(17)14-9(12(18)19)5-10(15)16/h2-4,9H,5H2,1H3,(H,14,17)(H,15,16)(H,18,19)/t9-/m1/s1. The predicted octanol–water partition coefficient (Wildman–Crippen LogP) is 1.31. The molecule has 0 spiro atoms. The van der Waals surface area contributed by atoms with Crippen molar-refractivity contribution in [2.75, 3.05) is 0 Å². The number of hydrogen-bond donors (Lipinski definition) is 3. The first-order valence-electron chi connectivity index (χ1n) is 5.33. The molecule has 1 aromatic rings. The van der Waals surface area contributed by atoms with Crippen LogP contribution in [-0.4, -0.2) is 34.1 Å². The van der Waals surface area contributed by atoms with Crippen LogP contribution in [0.5, 0.6) is 0 Å². The first kappa shape index (κ1) is 15.0. The van der Waals surface area contributed by atoms with E-state index in [4.69, 9.17) is 21.8 Å². The maximum absolute atomic E-state index is 11.9. The first-order valence-corrected chi connectivity index (χ1v) is 5.70. The number of rotatable bonds is 5. The molecule has 0 fully saturated rings. The van der Waals surface area contributed by atoms with Gasteiger partial charge in [0.25, 0.3) is 5.91 Å². The van der Waals surface area contributed by atoms with Gasteiger partial charge >= 0.3 is 11.9 Å². The van der Waals surface area contributed by atoms with Gasteiger partial charge in [-0.25, -0.2) is 4.79 Å². The van der Waals surface area contributed by atoms with Crippen molar-refractivity contribution in [3.05, 3.63) is 34.3 Å². The molecule has 0 radical (unpaired) electrons. The monoisotopic (exact) mass is 285 g/mol. The second kappa shape index (κ2) is 6.19. The lowest BCUT2D eigenvalue weighted by Crippen LogP contribution is -2.42. The van der Waals surface area contributed by atoms with Gasteiger partial charge in [0, 0.05) is 10.6 Å².